The highest BCUT2D eigenvalue weighted by Crippen LogP contribution is 2.19. The Morgan fingerprint density at radius 3 is 2.39 bits per heavy atom. The van der Waals surface area contributed by atoms with Crippen molar-refractivity contribution in [1.82, 2.24) is 20.6 Å². The highest BCUT2D eigenvalue weighted by Gasteiger charge is 2.17. The van der Waals surface area contributed by atoms with Crippen molar-refractivity contribution in [2.75, 3.05) is 12.4 Å². The summed E-state index contributed by atoms with van der Waals surface area (Å²) in [6.07, 6.45) is -0.550. The second kappa shape index (κ2) is 8.86. The van der Waals surface area contributed by atoms with Gasteiger partial charge in [0.25, 0.3) is 11.8 Å². The summed E-state index contributed by atoms with van der Waals surface area (Å²) >= 11 is 0. The molecule has 4 N–H and O–H groups in total. The fourth-order valence-electron chi connectivity index (χ4n) is 2.87. The molecule has 2 aromatic carbocycles. The van der Waals surface area contributed by atoms with Crippen LogP contribution >= 0.6 is 0 Å². The van der Waals surface area contributed by atoms with E-state index in [9.17, 15) is 14.4 Å². The number of carbonyl (C=O) groups is 3. The van der Waals surface area contributed by atoms with Gasteiger partial charge in [0.15, 0.2) is 0 Å². The minimum Gasteiger partial charge on any atom is -0.444 e. The summed E-state index contributed by atoms with van der Waals surface area (Å²) in [4.78, 5) is 43.8. The van der Waals surface area contributed by atoms with Gasteiger partial charge in [0.1, 0.15) is 16.9 Å². The average Bonchev–Trinajstić information content (AvgIpc) is 3.14. The van der Waals surface area contributed by atoms with Crippen LogP contribution in [0.5, 0.6) is 0 Å². The highest BCUT2D eigenvalue weighted by molar-refractivity contribution is 6.11. The van der Waals surface area contributed by atoms with E-state index >= 15 is 0 Å². The molecule has 3 rings (SSSR count). The van der Waals surface area contributed by atoms with Gasteiger partial charge in [-0.1, -0.05) is 6.07 Å². The molecule has 0 radical (unpaired) electrons. The molecule has 162 valence electrons. The number of fused-ring (bicyclic) bond motifs is 1. The van der Waals surface area contributed by atoms with Crippen LogP contribution in [0.4, 0.5) is 10.5 Å². The monoisotopic (exact) mass is 423 g/mol. The number of nitrogens with one attached hydrogen (secondary N) is 4. The van der Waals surface area contributed by atoms with Crippen LogP contribution in [0.3, 0.4) is 0 Å². The van der Waals surface area contributed by atoms with Crippen LogP contribution in [0.1, 0.15) is 47.3 Å². The zero-order chi connectivity index (χ0) is 22.6. The first kappa shape index (κ1) is 21.8. The molecule has 31 heavy (non-hydrogen) atoms. The number of nitrogens with zero attached hydrogens (tertiary/aromatic N) is 1. The van der Waals surface area contributed by atoms with E-state index in [-0.39, 0.29) is 18.4 Å². The Kier molecular flexibility index (Phi) is 6.24. The topological polar surface area (TPSA) is 125 Å². The maximum Gasteiger partial charge on any atom is 0.408 e. The number of anilines is 1. The van der Waals surface area contributed by atoms with E-state index < -0.39 is 11.7 Å². The van der Waals surface area contributed by atoms with Gasteiger partial charge in [0.05, 0.1) is 17.6 Å². The van der Waals surface area contributed by atoms with Crippen molar-refractivity contribution in [3.05, 3.63) is 59.4 Å². The molecule has 0 saturated carbocycles. The van der Waals surface area contributed by atoms with E-state index in [1.807, 2.05) is 0 Å². The standard InChI is InChI=1S/C22H25N5O4/c1-22(2,3)31-21(30)24-12-17-26-16-7-5-6-15(18(16)27-17)20(29)25-14-10-8-13(9-11-14)19(28)23-4/h5-11H,12H2,1-4H3,(H,23,28)(H,24,30)(H,25,29)(H,26,27). The third-order valence-electron chi connectivity index (χ3n) is 4.24. The maximum atomic E-state index is 12.8. The predicted octanol–water partition coefficient (Wildman–Crippen LogP) is 3.20. The Hall–Kier alpha value is -3.88. The van der Waals surface area contributed by atoms with Gasteiger partial charge in [-0.25, -0.2) is 9.78 Å². The first-order chi connectivity index (χ1) is 14.7. The Labute approximate surface area is 179 Å². The van der Waals surface area contributed by atoms with Crippen LogP contribution in [0.2, 0.25) is 0 Å². The number of hydrogen-bond donors (Lipinski definition) is 4. The van der Waals surface area contributed by atoms with Gasteiger partial charge >= 0.3 is 6.09 Å². The van der Waals surface area contributed by atoms with E-state index in [1.54, 1.807) is 70.3 Å². The van der Waals surface area contributed by atoms with E-state index in [2.05, 4.69) is 25.9 Å². The molecule has 9 nitrogen and oxygen atoms in total. The molecule has 0 saturated heterocycles. The third-order valence-corrected chi connectivity index (χ3v) is 4.24. The number of carbonyl (C=O) groups excluding carboxylic acids is 3. The summed E-state index contributed by atoms with van der Waals surface area (Å²) in [5, 5.41) is 7.99. The van der Waals surface area contributed by atoms with E-state index in [0.29, 0.717) is 33.7 Å². The lowest BCUT2D eigenvalue weighted by Crippen LogP contribution is -2.32. The van der Waals surface area contributed by atoms with Crippen LogP contribution in [0.25, 0.3) is 11.0 Å². The van der Waals surface area contributed by atoms with Crippen molar-refractivity contribution in [2.24, 2.45) is 0 Å². The fourth-order valence-corrected chi connectivity index (χ4v) is 2.87. The molecule has 1 aromatic heterocycles. The lowest BCUT2D eigenvalue weighted by Gasteiger charge is -2.19. The van der Waals surface area contributed by atoms with Crippen molar-refractivity contribution >= 4 is 34.6 Å². The lowest BCUT2D eigenvalue weighted by molar-refractivity contribution is 0.0522. The number of aromatic amines is 1. The quantitative estimate of drug-likeness (QED) is 0.501. The Bertz CT molecular complexity index is 1110. The minimum atomic E-state index is -0.595. The number of alkyl carbamates (subject to hydrolysis) is 1. The largest absolute Gasteiger partial charge is 0.444 e. The van der Waals surface area contributed by atoms with E-state index in [0.717, 1.165) is 0 Å². The molecule has 0 unspecified atom stereocenters. The number of benzene rings is 2. The zero-order valence-corrected chi connectivity index (χ0v) is 17.8. The van der Waals surface area contributed by atoms with Crippen molar-refractivity contribution < 1.29 is 19.1 Å². The molecule has 0 bridgehead atoms. The summed E-state index contributed by atoms with van der Waals surface area (Å²) in [7, 11) is 1.56. The second-order valence-corrected chi connectivity index (χ2v) is 7.85. The molecule has 0 spiro atoms. The molecule has 1 heterocycles. The molecule has 3 amide bonds. The lowest BCUT2D eigenvalue weighted by atomic mass is 10.1. The average molecular weight is 423 g/mol. The number of para-hydroxylation sites is 1. The van der Waals surface area contributed by atoms with Gasteiger partial charge in [0, 0.05) is 18.3 Å². The summed E-state index contributed by atoms with van der Waals surface area (Å²) < 4.78 is 5.21. The number of imidazole rings is 1. The number of aromatic nitrogens is 2. The number of rotatable bonds is 5. The van der Waals surface area contributed by atoms with Gasteiger partial charge in [0.2, 0.25) is 0 Å². The minimum absolute atomic E-state index is 0.131. The molecule has 9 heteroatoms. The van der Waals surface area contributed by atoms with Crippen LogP contribution in [-0.4, -0.2) is 40.5 Å². The van der Waals surface area contributed by atoms with Crippen LogP contribution in [0.15, 0.2) is 42.5 Å². The molecule has 0 atom stereocenters. The number of ether oxygens (including phenoxy) is 1. The Morgan fingerprint density at radius 1 is 1.03 bits per heavy atom. The molecule has 0 fully saturated rings. The molecule has 3 aromatic rings. The second-order valence-electron chi connectivity index (χ2n) is 7.85. The maximum absolute atomic E-state index is 12.8. The molecular weight excluding hydrogens is 398 g/mol. The van der Waals surface area contributed by atoms with Gasteiger partial charge in [-0.15, -0.1) is 0 Å². The summed E-state index contributed by atoms with van der Waals surface area (Å²) in [6, 6.07) is 11.8. The van der Waals surface area contributed by atoms with E-state index in [1.165, 1.54) is 0 Å². The fraction of sp³-hybridized carbons (Fsp3) is 0.273. The number of hydrogen-bond acceptors (Lipinski definition) is 5. The van der Waals surface area contributed by atoms with Gasteiger partial charge in [-0.05, 0) is 57.2 Å². The van der Waals surface area contributed by atoms with E-state index in [4.69, 9.17) is 4.74 Å². The molecule has 0 aliphatic rings. The summed E-state index contributed by atoms with van der Waals surface area (Å²) in [5.74, 6) is -0.0424. The van der Waals surface area contributed by atoms with Crippen molar-refractivity contribution in [3.8, 4) is 0 Å². The Morgan fingerprint density at radius 2 is 1.74 bits per heavy atom. The molecule has 0 aliphatic heterocycles. The van der Waals surface area contributed by atoms with Crippen LogP contribution in [-0.2, 0) is 11.3 Å². The van der Waals surface area contributed by atoms with Crippen molar-refractivity contribution in [2.45, 2.75) is 32.9 Å². The first-order valence-corrected chi connectivity index (χ1v) is 9.74. The summed E-state index contributed by atoms with van der Waals surface area (Å²) in [5.41, 5.74) is 2.00. The van der Waals surface area contributed by atoms with Crippen molar-refractivity contribution in [3.63, 3.8) is 0 Å². The number of H-pyrrole nitrogens is 1. The van der Waals surface area contributed by atoms with Gasteiger partial charge in [-0.2, -0.15) is 0 Å². The molecule has 0 aliphatic carbocycles. The first-order valence-electron chi connectivity index (χ1n) is 9.74. The van der Waals surface area contributed by atoms with Gasteiger partial charge < -0.3 is 25.7 Å². The summed E-state index contributed by atoms with van der Waals surface area (Å²) in [6.45, 7) is 5.48. The van der Waals surface area contributed by atoms with Gasteiger partial charge in [-0.3, -0.25) is 9.59 Å². The zero-order valence-electron chi connectivity index (χ0n) is 17.8. The van der Waals surface area contributed by atoms with Crippen molar-refractivity contribution in [1.29, 1.82) is 0 Å². The van der Waals surface area contributed by atoms with Crippen LogP contribution < -0.4 is 16.0 Å². The smallest absolute Gasteiger partial charge is 0.408 e. The SMILES string of the molecule is CNC(=O)c1ccc(NC(=O)c2cccc3[nH]c(CNC(=O)OC(C)(C)C)nc23)cc1. The normalized spacial score (nSPS) is 11.1. The van der Waals surface area contributed by atoms with Crippen LogP contribution in [0, 0.1) is 0 Å². The number of amides is 3. The Balaban J connectivity index is 1.72. The molecular formula is C22H25N5O4. The highest BCUT2D eigenvalue weighted by atomic mass is 16.6. The third kappa shape index (κ3) is 5.59. The predicted molar refractivity (Wildman–Crippen MR) is 117 cm³/mol.